The van der Waals surface area contributed by atoms with Crippen LogP contribution in [0.4, 0.5) is 9.52 Å². The molecule has 2 amide bonds. The van der Waals surface area contributed by atoms with Crippen molar-refractivity contribution >= 4 is 28.3 Å². The van der Waals surface area contributed by atoms with E-state index in [0.29, 0.717) is 10.1 Å². The number of aromatic nitrogens is 2. The molecule has 0 radical (unpaired) electrons. The molecule has 0 aliphatic rings. The van der Waals surface area contributed by atoms with Gasteiger partial charge >= 0.3 is 0 Å². The van der Waals surface area contributed by atoms with E-state index in [4.69, 9.17) is 0 Å². The van der Waals surface area contributed by atoms with E-state index >= 15 is 0 Å². The van der Waals surface area contributed by atoms with Gasteiger partial charge < -0.3 is 5.32 Å². The van der Waals surface area contributed by atoms with Crippen LogP contribution in [0.15, 0.2) is 48.5 Å². The lowest BCUT2D eigenvalue weighted by atomic mass is 10.0. The molecule has 2 aromatic carbocycles. The zero-order valence-electron chi connectivity index (χ0n) is 16.3. The lowest BCUT2D eigenvalue weighted by molar-refractivity contribution is -0.118. The van der Waals surface area contributed by atoms with Crippen molar-refractivity contribution in [1.29, 1.82) is 0 Å². The van der Waals surface area contributed by atoms with Gasteiger partial charge in [0.2, 0.25) is 11.0 Å². The summed E-state index contributed by atoms with van der Waals surface area (Å²) in [4.78, 5) is 25.1. The largest absolute Gasteiger partial charge is 0.340 e. The number of benzene rings is 2. The van der Waals surface area contributed by atoms with Crippen LogP contribution in [-0.2, 0) is 4.79 Å². The van der Waals surface area contributed by atoms with Crippen molar-refractivity contribution in [1.82, 2.24) is 15.5 Å². The number of carbonyl (C=O) groups is 2. The van der Waals surface area contributed by atoms with E-state index in [2.05, 4.69) is 20.8 Å². The predicted molar refractivity (Wildman–Crippen MR) is 111 cm³/mol. The van der Waals surface area contributed by atoms with Crippen molar-refractivity contribution in [3.05, 3.63) is 65.5 Å². The molecule has 2 N–H and O–H groups in total. The first-order valence-corrected chi connectivity index (χ1v) is 9.93. The zero-order valence-corrected chi connectivity index (χ0v) is 17.1. The van der Waals surface area contributed by atoms with Gasteiger partial charge in [-0.15, -0.1) is 10.2 Å². The van der Waals surface area contributed by atoms with Gasteiger partial charge in [0.15, 0.2) is 0 Å². The summed E-state index contributed by atoms with van der Waals surface area (Å²) in [7, 11) is 0. The number of nitrogens with one attached hydrogen (secondary N) is 2. The number of carbonyl (C=O) groups excluding carboxylic acids is 2. The number of halogens is 1. The molecule has 0 spiro atoms. The highest BCUT2D eigenvalue weighted by atomic mass is 32.1. The molecule has 1 atom stereocenters. The first kappa shape index (κ1) is 20.6. The maximum atomic E-state index is 13.0. The predicted octanol–water partition coefficient (Wildman–Crippen LogP) is 4.05. The van der Waals surface area contributed by atoms with Gasteiger partial charge in [-0.3, -0.25) is 14.9 Å². The Labute approximate surface area is 172 Å². The molecule has 0 saturated heterocycles. The number of hydrogen-bond donors (Lipinski definition) is 2. The van der Waals surface area contributed by atoms with Crippen molar-refractivity contribution in [3.8, 4) is 10.6 Å². The minimum atomic E-state index is -0.778. The van der Waals surface area contributed by atoms with Crippen LogP contribution in [0.25, 0.3) is 10.6 Å². The fourth-order valence-electron chi connectivity index (χ4n) is 2.63. The summed E-state index contributed by atoms with van der Waals surface area (Å²) in [5.74, 6) is -1.43. The van der Waals surface area contributed by atoms with Crippen LogP contribution in [0, 0.1) is 18.7 Å². The monoisotopic (exact) mass is 412 g/mol. The normalized spacial score (nSPS) is 11.9. The Hall–Kier alpha value is -3.13. The third-order valence-electron chi connectivity index (χ3n) is 4.30. The first-order chi connectivity index (χ1) is 13.8. The molecule has 8 heteroatoms. The SMILES string of the molecule is Cc1ccc(-c2nnc(NC(=O)[C@H](NC(=O)c3ccc(F)cc3)C(C)C)s2)cc1. The van der Waals surface area contributed by atoms with Crippen LogP contribution in [0.3, 0.4) is 0 Å². The second-order valence-electron chi connectivity index (χ2n) is 6.97. The quantitative estimate of drug-likeness (QED) is 0.640. The number of hydrogen-bond acceptors (Lipinski definition) is 5. The number of aryl methyl sites for hydroxylation is 1. The third-order valence-corrected chi connectivity index (χ3v) is 5.18. The van der Waals surface area contributed by atoms with Crippen molar-refractivity contribution in [3.63, 3.8) is 0 Å². The summed E-state index contributed by atoms with van der Waals surface area (Å²) in [6, 6.07) is 12.2. The van der Waals surface area contributed by atoms with E-state index in [-0.39, 0.29) is 17.4 Å². The fraction of sp³-hybridized carbons (Fsp3) is 0.238. The average Bonchev–Trinajstić information content (AvgIpc) is 3.15. The molecule has 3 aromatic rings. The Bertz CT molecular complexity index is 1000. The number of nitrogens with zero attached hydrogens (tertiary/aromatic N) is 2. The molecule has 0 unspecified atom stereocenters. The molecule has 6 nitrogen and oxygen atoms in total. The van der Waals surface area contributed by atoms with Crippen LogP contribution >= 0.6 is 11.3 Å². The molecular weight excluding hydrogens is 391 g/mol. The Morgan fingerprint density at radius 1 is 1.00 bits per heavy atom. The fourth-order valence-corrected chi connectivity index (χ4v) is 3.38. The number of anilines is 1. The molecule has 29 heavy (non-hydrogen) atoms. The van der Waals surface area contributed by atoms with Gasteiger partial charge in [0, 0.05) is 11.1 Å². The van der Waals surface area contributed by atoms with Crippen LogP contribution < -0.4 is 10.6 Å². The standard InChI is InChI=1S/C21H21FN4O2S/c1-12(2)17(23-18(27)14-8-10-16(22)11-9-14)19(28)24-21-26-25-20(29-21)15-6-4-13(3)5-7-15/h4-12,17H,1-3H3,(H,23,27)(H,24,26,28)/t17-/m1/s1. The van der Waals surface area contributed by atoms with Gasteiger partial charge in [-0.25, -0.2) is 4.39 Å². The van der Waals surface area contributed by atoms with Gasteiger partial charge in [-0.05, 0) is 37.1 Å². The molecule has 3 rings (SSSR count). The van der Waals surface area contributed by atoms with Crippen molar-refractivity contribution in [2.45, 2.75) is 26.8 Å². The van der Waals surface area contributed by atoms with Crippen LogP contribution in [-0.4, -0.2) is 28.1 Å². The van der Waals surface area contributed by atoms with Crippen LogP contribution in [0.2, 0.25) is 0 Å². The van der Waals surface area contributed by atoms with E-state index in [0.717, 1.165) is 11.1 Å². The molecule has 0 fully saturated rings. The number of amides is 2. The maximum absolute atomic E-state index is 13.0. The van der Waals surface area contributed by atoms with E-state index in [1.807, 2.05) is 45.0 Å². The summed E-state index contributed by atoms with van der Waals surface area (Å²) >= 11 is 1.26. The van der Waals surface area contributed by atoms with Gasteiger partial charge in [-0.2, -0.15) is 0 Å². The summed E-state index contributed by atoms with van der Waals surface area (Å²) in [6.45, 7) is 5.65. The molecular formula is C21H21FN4O2S. The highest BCUT2D eigenvalue weighted by Gasteiger charge is 2.25. The van der Waals surface area contributed by atoms with Crippen molar-refractivity contribution in [2.24, 2.45) is 5.92 Å². The second kappa shape index (κ2) is 8.91. The molecule has 1 aromatic heterocycles. The number of rotatable bonds is 6. The smallest absolute Gasteiger partial charge is 0.251 e. The topological polar surface area (TPSA) is 84.0 Å². The summed E-state index contributed by atoms with van der Waals surface area (Å²) < 4.78 is 13.0. The highest BCUT2D eigenvalue weighted by molar-refractivity contribution is 7.18. The van der Waals surface area contributed by atoms with Gasteiger partial charge in [0.05, 0.1) is 0 Å². The molecule has 150 valence electrons. The molecule has 1 heterocycles. The lowest BCUT2D eigenvalue weighted by Crippen LogP contribution is -2.47. The zero-order chi connectivity index (χ0) is 21.0. The van der Waals surface area contributed by atoms with E-state index in [1.165, 1.54) is 35.6 Å². The highest BCUT2D eigenvalue weighted by Crippen LogP contribution is 2.26. The molecule has 0 bridgehead atoms. The average molecular weight is 412 g/mol. The minimum Gasteiger partial charge on any atom is -0.340 e. The molecule has 0 aliphatic heterocycles. The Morgan fingerprint density at radius 2 is 1.66 bits per heavy atom. The summed E-state index contributed by atoms with van der Waals surface area (Å²) in [6.07, 6.45) is 0. The van der Waals surface area contributed by atoms with Crippen LogP contribution in [0.5, 0.6) is 0 Å². The third kappa shape index (κ3) is 5.23. The van der Waals surface area contributed by atoms with Gasteiger partial charge in [0.25, 0.3) is 5.91 Å². The Morgan fingerprint density at radius 3 is 2.28 bits per heavy atom. The van der Waals surface area contributed by atoms with E-state index in [9.17, 15) is 14.0 Å². The van der Waals surface area contributed by atoms with Gasteiger partial charge in [-0.1, -0.05) is 55.0 Å². The van der Waals surface area contributed by atoms with Crippen LogP contribution in [0.1, 0.15) is 29.8 Å². The first-order valence-electron chi connectivity index (χ1n) is 9.11. The Balaban J connectivity index is 1.69. The molecule has 0 saturated carbocycles. The lowest BCUT2D eigenvalue weighted by Gasteiger charge is -2.21. The molecule has 0 aliphatic carbocycles. The maximum Gasteiger partial charge on any atom is 0.251 e. The van der Waals surface area contributed by atoms with Crippen molar-refractivity contribution < 1.29 is 14.0 Å². The van der Waals surface area contributed by atoms with E-state index in [1.54, 1.807) is 0 Å². The second-order valence-corrected chi connectivity index (χ2v) is 7.95. The van der Waals surface area contributed by atoms with Crippen molar-refractivity contribution in [2.75, 3.05) is 5.32 Å². The minimum absolute atomic E-state index is 0.163. The van der Waals surface area contributed by atoms with E-state index < -0.39 is 17.8 Å². The van der Waals surface area contributed by atoms with Gasteiger partial charge in [0.1, 0.15) is 16.9 Å². The summed E-state index contributed by atoms with van der Waals surface area (Å²) in [5, 5.41) is 14.6. The summed E-state index contributed by atoms with van der Waals surface area (Å²) in [5.41, 5.74) is 2.34. The Kier molecular flexibility index (Phi) is 6.33.